The Hall–Kier alpha value is -0.980. The monoisotopic (exact) mass is 290 g/mol. The van der Waals surface area contributed by atoms with Gasteiger partial charge >= 0.3 is 0 Å². The first-order valence-corrected chi connectivity index (χ1v) is 8.34. The molecule has 0 fully saturated rings. The minimum absolute atomic E-state index is 0.222. The van der Waals surface area contributed by atoms with Crippen molar-refractivity contribution in [2.45, 2.75) is 51.5 Å². The number of nitriles is 1. The normalized spacial score (nSPS) is 12.9. The van der Waals surface area contributed by atoms with Gasteiger partial charge in [0.1, 0.15) is 0 Å². The summed E-state index contributed by atoms with van der Waals surface area (Å²) in [4.78, 5) is 1.29. The highest BCUT2D eigenvalue weighted by atomic mass is 32.2. The van der Waals surface area contributed by atoms with Gasteiger partial charge in [0.15, 0.2) is 0 Å². The standard InChI is InChI=1S/C17H26N2S/c1-5-10-19-14(2)15-7-6-8-16(12-15)20-11-9-17(3,4)13-18/h6-8,12,14,19H,5,9-11H2,1-4H3. The van der Waals surface area contributed by atoms with Gasteiger partial charge in [-0.3, -0.25) is 0 Å². The Bertz CT molecular complexity index is 449. The molecule has 20 heavy (non-hydrogen) atoms. The zero-order valence-electron chi connectivity index (χ0n) is 13.1. The van der Waals surface area contributed by atoms with Crippen molar-refractivity contribution in [3.63, 3.8) is 0 Å². The Labute approximate surface area is 128 Å². The highest BCUT2D eigenvalue weighted by Gasteiger charge is 2.16. The lowest BCUT2D eigenvalue weighted by Crippen LogP contribution is -2.19. The van der Waals surface area contributed by atoms with E-state index in [-0.39, 0.29) is 5.41 Å². The van der Waals surface area contributed by atoms with Gasteiger partial charge in [0, 0.05) is 10.9 Å². The average Bonchev–Trinajstić information content (AvgIpc) is 2.45. The lowest BCUT2D eigenvalue weighted by molar-refractivity contribution is 0.482. The van der Waals surface area contributed by atoms with Gasteiger partial charge in [-0.2, -0.15) is 5.26 Å². The van der Waals surface area contributed by atoms with Crippen LogP contribution in [0.4, 0.5) is 0 Å². The van der Waals surface area contributed by atoms with E-state index in [1.165, 1.54) is 10.5 Å². The summed E-state index contributed by atoms with van der Waals surface area (Å²) in [5.41, 5.74) is 1.11. The Morgan fingerprint density at radius 2 is 2.15 bits per heavy atom. The number of nitrogens with one attached hydrogen (secondary N) is 1. The molecule has 0 bridgehead atoms. The predicted molar refractivity (Wildman–Crippen MR) is 87.9 cm³/mol. The summed E-state index contributed by atoms with van der Waals surface area (Å²) in [6.45, 7) is 9.44. The predicted octanol–water partition coefficient (Wildman–Crippen LogP) is 4.78. The van der Waals surface area contributed by atoms with Crippen molar-refractivity contribution in [3.8, 4) is 6.07 Å². The molecule has 0 heterocycles. The molecule has 110 valence electrons. The van der Waals surface area contributed by atoms with Crippen LogP contribution in [0.15, 0.2) is 29.2 Å². The molecule has 3 heteroatoms. The first kappa shape index (κ1) is 17.1. The second-order valence-corrected chi connectivity index (χ2v) is 7.01. The number of rotatable bonds is 8. The highest BCUT2D eigenvalue weighted by Crippen LogP contribution is 2.27. The molecule has 2 nitrogen and oxygen atoms in total. The van der Waals surface area contributed by atoms with E-state index in [0.29, 0.717) is 6.04 Å². The van der Waals surface area contributed by atoms with E-state index in [4.69, 9.17) is 5.26 Å². The molecule has 1 N–H and O–H groups in total. The third-order valence-electron chi connectivity index (χ3n) is 3.36. The van der Waals surface area contributed by atoms with Crippen molar-refractivity contribution < 1.29 is 0 Å². The summed E-state index contributed by atoms with van der Waals surface area (Å²) in [6, 6.07) is 11.5. The van der Waals surface area contributed by atoms with Crippen LogP contribution in [0.3, 0.4) is 0 Å². The maximum atomic E-state index is 9.02. The number of hydrogen-bond acceptors (Lipinski definition) is 3. The van der Waals surface area contributed by atoms with Crippen LogP contribution in [0.5, 0.6) is 0 Å². The van der Waals surface area contributed by atoms with E-state index in [9.17, 15) is 0 Å². The Morgan fingerprint density at radius 3 is 2.80 bits per heavy atom. The molecule has 1 rings (SSSR count). The minimum atomic E-state index is -0.222. The van der Waals surface area contributed by atoms with E-state index in [0.717, 1.165) is 25.1 Å². The summed E-state index contributed by atoms with van der Waals surface area (Å²) < 4.78 is 0. The topological polar surface area (TPSA) is 35.8 Å². The summed E-state index contributed by atoms with van der Waals surface area (Å²) in [5, 5.41) is 12.5. The van der Waals surface area contributed by atoms with Crippen LogP contribution in [-0.2, 0) is 0 Å². The van der Waals surface area contributed by atoms with Crippen LogP contribution in [0, 0.1) is 16.7 Å². The third kappa shape index (κ3) is 5.98. The lowest BCUT2D eigenvalue weighted by Gasteiger charge is -2.16. The van der Waals surface area contributed by atoms with Crippen molar-refractivity contribution in [1.29, 1.82) is 5.26 Å². The molecule has 0 aliphatic rings. The van der Waals surface area contributed by atoms with Gasteiger partial charge in [0.2, 0.25) is 0 Å². The zero-order valence-corrected chi connectivity index (χ0v) is 13.9. The number of nitrogens with zero attached hydrogens (tertiary/aromatic N) is 1. The molecule has 1 atom stereocenters. The van der Waals surface area contributed by atoms with Crippen LogP contribution in [0.1, 0.15) is 52.1 Å². The zero-order chi connectivity index (χ0) is 15.0. The second kappa shape index (κ2) is 8.34. The number of benzene rings is 1. The molecule has 0 amide bonds. The molecule has 0 saturated carbocycles. The summed E-state index contributed by atoms with van der Waals surface area (Å²) >= 11 is 1.84. The Balaban J connectivity index is 2.54. The fourth-order valence-electron chi connectivity index (χ4n) is 1.83. The first-order chi connectivity index (χ1) is 9.48. The summed E-state index contributed by atoms with van der Waals surface area (Å²) in [6.07, 6.45) is 2.07. The summed E-state index contributed by atoms with van der Waals surface area (Å²) in [5.74, 6) is 0.987. The van der Waals surface area contributed by atoms with Crippen LogP contribution in [0.2, 0.25) is 0 Å². The molecule has 0 spiro atoms. The fraction of sp³-hybridized carbons (Fsp3) is 0.588. The van der Waals surface area contributed by atoms with Crippen molar-refractivity contribution in [2.75, 3.05) is 12.3 Å². The van der Waals surface area contributed by atoms with Gasteiger partial charge in [0.25, 0.3) is 0 Å². The van der Waals surface area contributed by atoms with E-state index < -0.39 is 0 Å². The van der Waals surface area contributed by atoms with Crippen LogP contribution >= 0.6 is 11.8 Å². The van der Waals surface area contributed by atoms with Gasteiger partial charge < -0.3 is 5.32 Å². The molecule has 1 aromatic rings. The molecule has 0 radical (unpaired) electrons. The molecular weight excluding hydrogens is 264 g/mol. The van der Waals surface area contributed by atoms with Crippen molar-refractivity contribution in [1.82, 2.24) is 5.32 Å². The fourth-order valence-corrected chi connectivity index (χ4v) is 3.07. The van der Waals surface area contributed by atoms with Gasteiger partial charge in [0.05, 0.1) is 11.5 Å². The van der Waals surface area contributed by atoms with E-state index in [1.807, 2.05) is 25.6 Å². The third-order valence-corrected chi connectivity index (χ3v) is 4.35. The average molecular weight is 290 g/mol. The van der Waals surface area contributed by atoms with Crippen molar-refractivity contribution in [2.24, 2.45) is 5.41 Å². The van der Waals surface area contributed by atoms with Gasteiger partial charge in [-0.05, 0) is 63.6 Å². The smallest absolute Gasteiger partial charge is 0.0684 e. The molecule has 0 saturated heterocycles. The molecular formula is C17H26N2S. The van der Waals surface area contributed by atoms with Crippen molar-refractivity contribution >= 4 is 11.8 Å². The number of hydrogen-bond donors (Lipinski definition) is 1. The van der Waals surface area contributed by atoms with Gasteiger partial charge in [-0.1, -0.05) is 19.1 Å². The molecule has 0 aromatic heterocycles. The van der Waals surface area contributed by atoms with Crippen LogP contribution < -0.4 is 5.32 Å². The second-order valence-electron chi connectivity index (χ2n) is 5.84. The van der Waals surface area contributed by atoms with E-state index in [2.05, 4.69) is 49.5 Å². The van der Waals surface area contributed by atoms with Crippen LogP contribution in [-0.4, -0.2) is 12.3 Å². The quantitative estimate of drug-likeness (QED) is 0.700. The Morgan fingerprint density at radius 1 is 1.40 bits per heavy atom. The first-order valence-electron chi connectivity index (χ1n) is 7.36. The van der Waals surface area contributed by atoms with Gasteiger partial charge in [-0.25, -0.2) is 0 Å². The van der Waals surface area contributed by atoms with E-state index >= 15 is 0 Å². The maximum absolute atomic E-state index is 9.02. The largest absolute Gasteiger partial charge is 0.310 e. The highest BCUT2D eigenvalue weighted by molar-refractivity contribution is 7.99. The number of thioether (sulfide) groups is 1. The summed E-state index contributed by atoms with van der Waals surface area (Å²) in [7, 11) is 0. The van der Waals surface area contributed by atoms with Crippen LogP contribution in [0.25, 0.3) is 0 Å². The minimum Gasteiger partial charge on any atom is -0.310 e. The molecule has 0 aliphatic heterocycles. The van der Waals surface area contributed by atoms with Crippen molar-refractivity contribution in [3.05, 3.63) is 29.8 Å². The lowest BCUT2D eigenvalue weighted by atomic mass is 9.93. The van der Waals surface area contributed by atoms with Gasteiger partial charge in [-0.15, -0.1) is 11.8 Å². The molecule has 0 aliphatic carbocycles. The maximum Gasteiger partial charge on any atom is 0.0684 e. The molecule has 1 aromatic carbocycles. The molecule has 1 unspecified atom stereocenters. The Kier molecular flexibility index (Phi) is 7.12. The SMILES string of the molecule is CCCNC(C)c1cccc(SCCC(C)(C)C#N)c1. The van der Waals surface area contributed by atoms with E-state index in [1.54, 1.807) is 0 Å².